The van der Waals surface area contributed by atoms with E-state index >= 15 is 0 Å². The summed E-state index contributed by atoms with van der Waals surface area (Å²) in [4.78, 5) is 21.3. The zero-order valence-corrected chi connectivity index (χ0v) is 17.8. The Morgan fingerprint density at radius 1 is 0.969 bits per heavy atom. The van der Waals surface area contributed by atoms with Gasteiger partial charge < -0.3 is 19.5 Å². The summed E-state index contributed by atoms with van der Waals surface area (Å²) in [5.41, 5.74) is 1.07. The number of carbonyl (C=O) groups is 1. The number of carbonyl (C=O) groups excluding carboxylic acids is 1. The van der Waals surface area contributed by atoms with Crippen molar-refractivity contribution in [2.45, 2.75) is 6.92 Å². The number of nitrogens with zero attached hydrogens (tertiary/aromatic N) is 4. The van der Waals surface area contributed by atoms with Gasteiger partial charge in [0.05, 0.1) is 14.2 Å². The Morgan fingerprint density at radius 3 is 2.44 bits per heavy atom. The summed E-state index contributed by atoms with van der Waals surface area (Å²) < 4.78 is 18.0. The smallest absolute Gasteiger partial charge is 0.255 e. The topological polar surface area (TPSA) is 100 Å². The predicted octanol–water partition coefficient (Wildman–Crippen LogP) is 4.03. The fourth-order valence-electron chi connectivity index (χ4n) is 3.01. The average molecular weight is 431 g/mol. The number of nitrogens with one attached hydrogen (secondary N) is 1. The van der Waals surface area contributed by atoms with E-state index in [1.807, 2.05) is 6.07 Å². The maximum absolute atomic E-state index is 12.6. The molecule has 2 heterocycles. The van der Waals surface area contributed by atoms with Crippen molar-refractivity contribution in [3.05, 3.63) is 78.4 Å². The number of anilines is 1. The Bertz CT molecular complexity index is 1220. The first kappa shape index (κ1) is 20.9. The van der Waals surface area contributed by atoms with E-state index in [2.05, 4.69) is 20.4 Å². The van der Waals surface area contributed by atoms with Gasteiger partial charge in [-0.15, -0.1) is 0 Å². The van der Waals surface area contributed by atoms with E-state index in [1.54, 1.807) is 79.6 Å². The molecule has 0 aliphatic carbocycles. The molecule has 0 unspecified atom stereocenters. The largest absolute Gasteiger partial charge is 0.493 e. The lowest BCUT2D eigenvalue weighted by Crippen LogP contribution is -2.12. The first-order chi connectivity index (χ1) is 15.6. The van der Waals surface area contributed by atoms with Crippen LogP contribution in [0.15, 0.2) is 67.0 Å². The first-order valence-electron chi connectivity index (χ1n) is 9.72. The molecule has 0 saturated carbocycles. The van der Waals surface area contributed by atoms with Crippen molar-refractivity contribution in [3.8, 4) is 28.9 Å². The zero-order chi connectivity index (χ0) is 22.5. The van der Waals surface area contributed by atoms with Gasteiger partial charge >= 0.3 is 0 Å². The lowest BCUT2D eigenvalue weighted by molar-refractivity contribution is 0.102. The summed E-state index contributed by atoms with van der Waals surface area (Å²) >= 11 is 0. The fraction of sp³-hybridized carbons (Fsp3) is 0.130. The number of amides is 1. The number of benzene rings is 2. The highest BCUT2D eigenvalue weighted by Crippen LogP contribution is 2.28. The standard InChI is InChI=1S/C23H21N5O4/c1-15-25-21(28-12-4-11-24-28)14-22(26-15)32-18-8-6-17(7-9-18)27-23(29)16-5-10-19(30-2)20(13-16)31-3/h4-14H,1-3H3,(H,27,29). The molecule has 4 rings (SSSR count). The van der Waals surface area contributed by atoms with E-state index in [0.717, 1.165) is 0 Å². The van der Waals surface area contributed by atoms with Gasteiger partial charge in [0.2, 0.25) is 5.88 Å². The summed E-state index contributed by atoms with van der Waals surface area (Å²) in [6.45, 7) is 1.78. The molecule has 0 saturated heterocycles. The summed E-state index contributed by atoms with van der Waals surface area (Å²) in [7, 11) is 3.07. The zero-order valence-electron chi connectivity index (χ0n) is 17.8. The molecule has 0 aliphatic rings. The molecule has 9 nitrogen and oxygen atoms in total. The summed E-state index contributed by atoms with van der Waals surface area (Å²) in [5.74, 6) is 2.90. The van der Waals surface area contributed by atoms with Crippen molar-refractivity contribution in [2.75, 3.05) is 19.5 Å². The maximum atomic E-state index is 12.6. The third-order valence-corrected chi connectivity index (χ3v) is 4.52. The minimum Gasteiger partial charge on any atom is -0.493 e. The molecule has 4 aromatic rings. The number of ether oxygens (including phenoxy) is 3. The lowest BCUT2D eigenvalue weighted by atomic mass is 10.2. The molecule has 2 aromatic carbocycles. The van der Waals surface area contributed by atoms with Gasteiger partial charge in [0.1, 0.15) is 11.6 Å². The molecule has 0 radical (unpaired) electrons. The van der Waals surface area contributed by atoms with Crippen molar-refractivity contribution in [3.63, 3.8) is 0 Å². The number of hydrogen-bond acceptors (Lipinski definition) is 7. The highest BCUT2D eigenvalue weighted by molar-refractivity contribution is 6.04. The van der Waals surface area contributed by atoms with Crippen molar-refractivity contribution < 1.29 is 19.0 Å². The molecule has 0 fully saturated rings. The van der Waals surface area contributed by atoms with Crippen LogP contribution in [0.2, 0.25) is 0 Å². The van der Waals surface area contributed by atoms with Gasteiger partial charge in [-0.25, -0.2) is 9.67 Å². The van der Waals surface area contributed by atoms with Crippen LogP contribution in [0.4, 0.5) is 5.69 Å². The van der Waals surface area contributed by atoms with Gasteiger partial charge in [-0.05, 0) is 55.5 Å². The average Bonchev–Trinajstić information content (AvgIpc) is 3.34. The molecule has 1 N–H and O–H groups in total. The van der Waals surface area contributed by atoms with E-state index in [9.17, 15) is 4.79 Å². The van der Waals surface area contributed by atoms with Crippen LogP contribution in [0.25, 0.3) is 5.82 Å². The Kier molecular flexibility index (Phi) is 5.98. The Balaban J connectivity index is 1.45. The number of aryl methyl sites for hydroxylation is 1. The maximum Gasteiger partial charge on any atom is 0.255 e. The quantitative estimate of drug-likeness (QED) is 0.471. The van der Waals surface area contributed by atoms with Crippen molar-refractivity contribution in [1.29, 1.82) is 0 Å². The van der Waals surface area contributed by atoms with Crippen LogP contribution in [-0.4, -0.2) is 39.9 Å². The van der Waals surface area contributed by atoms with E-state index in [0.29, 0.717) is 46.0 Å². The van der Waals surface area contributed by atoms with Crippen LogP contribution in [0, 0.1) is 6.92 Å². The third kappa shape index (κ3) is 4.67. The molecular formula is C23H21N5O4. The summed E-state index contributed by atoms with van der Waals surface area (Å²) in [6.07, 6.45) is 3.47. The van der Waals surface area contributed by atoms with Crippen LogP contribution in [-0.2, 0) is 0 Å². The van der Waals surface area contributed by atoms with Gasteiger partial charge in [-0.3, -0.25) is 4.79 Å². The van der Waals surface area contributed by atoms with Gasteiger partial charge in [-0.2, -0.15) is 10.1 Å². The normalized spacial score (nSPS) is 10.5. The van der Waals surface area contributed by atoms with Crippen molar-refractivity contribution in [2.24, 2.45) is 0 Å². The van der Waals surface area contributed by atoms with Gasteiger partial charge in [-0.1, -0.05) is 0 Å². The Labute approximate surface area is 184 Å². The Morgan fingerprint density at radius 2 is 1.75 bits per heavy atom. The minimum absolute atomic E-state index is 0.269. The fourth-order valence-corrected chi connectivity index (χ4v) is 3.01. The highest BCUT2D eigenvalue weighted by Gasteiger charge is 2.12. The first-order valence-corrected chi connectivity index (χ1v) is 9.72. The number of rotatable bonds is 7. The predicted molar refractivity (Wildman–Crippen MR) is 118 cm³/mol. The number of methoxy groups -OCH3 is 2. The van der Waals surface area contributed by atoms with Gasteiger partial charge in [0, 0.05) is 29.7 Å². The van der Waals surface area contributed by atoms with Crippen LogP contribution < -0.4 is 19.5 Å². The second-order valence-electron chi connectivity index (χ2n) is 6.71. The van der Waals surface area contributed by atoms with Gasteiger partial charge in [0.25, 0.3) is 5.91 Å². The second-order valence-corrected chi connectivity index (χ2v) is 6.71. The van der Waals surface area contributed by atoms with Crippen LogP contribution in [0.1, 0.15) is 16.2 Å². The molecule has 0 aliphatic heterocycles. The summed E-state index contributed by atoms with van der Waals surface area (Å²) in [5, 5.41) is 7.02. The molecular weight excluding hydrogens is 410 g/mol. The molecule has 0 bridgehead atoms. The van der Waals surface area contributed by atoms with Crippen LogP contribution >= 0.6 is 0 Å². The monoisotopic (exact) mass is 431 g/mol. The summed E-state index contributed by atoms with van der Waals surface area (Å²) in [6, 6.07) is 15.5. The SMILES string of the molecule is COc1ccc(C(=O)Nc2ccc(Oc3cc(-n4cccn4)nc(C)n3)cc2)cc1OC. The highest BCUT2D eigenvalue weighted by atomic mass is 16.5. The Hall–Kier alpha value is -4.40. The number of aromatic nitrogens is 4. The van der Waals surface area contributed by atoms with Crippen molar-refractivity contribution >= 4 is 11.6 Å². The van der Waals surface area contributed by atoms with E-state index in [1.165, 1.54) is 7.11 Å². The molecule has 32 heavy (non-hydrogen) atoms. The van der Waals surface area contributed by atoms with E-state index in [4.69, 9.17) is 14.2 Å². The third-order valence-electron chi connectivity index (χ3n) is 4.52. The molecule has 0 spiro atoms. The van der Waals surface area contributed by atoms with E-state index in [-0.39, 0.29) is 5.91 Å². The van der Waals surface area contributed by atoms with E-state index < -0.39 is 0 Å². The minimum atomic E-state index is -0.269. The van der Waals surface area contributed by atoms with Gasteiger partial charge in [0.15, 0.2) is 17.3 Å². The van der Waals surface area contributed by atoms with Crippen molar-refractivity contribution in [1.82, 2.24) is 19.7 Å². The second kappa shape index (κ2) is 9.17. The lowest BCUT2D eigenvalue weighted by Gasteiger charge is -2.11. The molecule has 1 amide bonds. The molecule has 2 aromatic heterocycles. The molecule has 9 heteroatoms. The number of hydrogen-bond donors (Lipinski definition) is 1. The molecule has 0 atom stereocenters. The van der Waals surface area contributed by atoms with Crippen LogP contribution in [0.5, 0.6) is 23.1 Å². The molecule has 162 valence electrons. The van der Waals surface area contributed by atoms with Crippen LogP contribution in [0.3, 0.4) is 0 Å².